The van der Waals surface area contributed by atoms with Gasteiger partial charge in [0.25, 0.3) is 12.3 Å². The van der Waals surface area contributed by atoms with Crippen LogP contribution in [0.15, 0.2) is 48.8 Å². The Hall–Kier alpha value is -3.86. The number of alkyl halides is 2. The van der Waals surface area contributed by atoms with E-state index in [1.807, 2.05) is 31.1 Å². The molecule has 226 valence electrons. The van der Waals surface area contributed by atoms with Gasteiger partial charge in [0, 0.05) is 46.0 Å². The number of benzene rings is 1. The number of amides is 2. The molecule has 0 unspecified atom stereocenters. The monoisotopic (exact) mass is 612 g/mol. The number of nitrogens with one attached hydrogen (secondary N) is 1. The number of aromatic nitrogens is 2. The van der Waals surface area contributed by atoms with Gasteiger partial charge in [-0.2, -0.15) is 0 Å². The predicted molar refractivity (Wildman–Crippen MR) is 159 cm³/mol. The van der Waals surface area contributed by atoms with Gasteiger partial charge in [-0.15, -0.1) is 0 Å². The van der Waals surface area contributed by atoms with Crippen molar-refractivity contribution in [3.63, 3.8) is 0 Å². The molecule has 3 aliphatic rings. The van der Waals surface area contributed by atoms with E-state index in [0.717, 1.165) is 36.1 Å². The lowest BCUT2D eigenvalue weighted by Crippen LogP contribution is -2.64. The van der Waals surface area contributed by atoms with Gasteiger partial charge in [-0.25, -0.2) is 18.2 Å². The van der Waals surface area contributed by atoms with E-state index in [1.54, 1.807) is 17.2 Å². The second-order valence-electron chi connectivity index (χ2n) is 11.9. The SMILES string of the molecule is CN(C)c1ccc(N2CC3(C2)C(=O)N(C[C@H]2CC[C@H](NC(=O)c4cc(Cl)cnc4C(F)F)CC2)c2cc(F)ccc23)nc1. The number of rotatable bonds is 7. The number of anilines is 3. The van der Waals surface area contributed by atoms with Crippen LogP contribution in [0.3, 0.4) is 0 Å². The minimum absolute atomic E-state index is 0.0299. The number of hydrogen-bond acceptors (Lipinski definition) is 6. The summed E-state index contributed by atoms with van der Waals surface area (Å²) in [5.41, 5.74) is 0.865. The van der Waals surface area contributed by atoms with Crippen LogP contribution in [-0.2, 0) is 10.2 Å². The van der Waals surface area contributed by atoms with Gasteiger partial charge in [0.2, 0.25) is 5.91 Å². The van der Waals surface area contributed by atoms with Gasteiger partial charge < -0.3 is 20.0 Å². The first kappa shape index (κ1) is 29.2. The zero-order chi connectivity index (χ0) is 30.5. The minimum atomic E-state index is -2.90. The minimum Gasteiger partial charge on any atom is -0.376 e. The van der Waals surface area contributed by atoms with Crippen molar-refractivity contribution in [1.29, 1.82) is 0 Å². The third-order valence-electron chi connectivity index (χ3n) is 8.87. The van der Waals surface area contributed by atoms with E-state index in [9.17, 15) is 22.8 Å². The van der Waals surface area contributed by atoms with Crippen molar-refractivity contribution in [2.45, 2.75) is 43.6 Å². The number of hydrogen-bond donors (Lipinski definition) is 1. The summed E-state index contributed by atoms with van der Waals surface area (Å²) in [6.45, 7) is 1.38. The van der Waals surface area contributed by atoms with Crippen molar-refractivity contribution in [2.75, 3.05) is 48.4 Å². The first-order valence-corrected chi connectivity index (χ1v) is 14.7. The maximum absolute atomic E-state index is 14.4. The van der Waals surface area contributed by atoms with Gasteiger partial charge in [-0.05, 0) is 67.5 Å². The van der Waals surface area contributed by atoms with Crippen LogP contribution >= 0.6 is 11.6 Å². The van der Waals surface area contributed by atoms with E-state index in [-0.39, 0.29) is 28.5 Å². The normalized spacial score (nSPS) is 20.8. The highest BCUT2D eigenvalue weighted by Gasteiger charge is 2.58. The molecule has 1 aromatic carbocycles. The number of carbonyl (C=O) groups is 2. The summed E-state index contributed by atoms with van der Waals surface area (Å²) in [6.07, 6.45) is 2.69. The first-order chi connectivity index (χ1) is 20.6. The predicted octanol–water partition coefficient (Wildman–Crippen LogP) is 5.37. The molecular weight excluding hydrogens is 581 g/mol. The molecule has 2 amide bonds. The Kier molecular flexibility index (Phi) is 7.70. The van der Waals surface area contributed by atoms with Gasteiger partial charge >= 0.3 is 0 Å². The summed E-state index contributed by atoms with van der Waals surface area (Å²) in [5, 5.41) is 2.96. The molecule has 0 atom stereocenters. The molecule has 8 nitrogen and oxygen atoms in total. The Morgan fingerprint density at radius 3 is 2.49 bits per heavy atom. The zero-order valence-electron chi connectivity index (χ0n) is 23.9. The molecule has 0 bridgehead atoms. The van der Waals surface area contributed by atoms with Crippen LogP contribution < -0.4 is 20.0 Å². The molecule has 2 fully saturated rings. The highest BCUT2D eigenvalue weighted by Crippen LogP contribution is 2.49. The fourth-order valence-corrected chi connectivity index (χ4v) is 6.67. The van der Waals surface area contributed by atoms with Crippen LogP contribution in [0.4, 0.5) is 30.4 Å². The summed E-state index contributed by atoms with van der Waals surface area (Å²) in [5.74, 6) is -0.117. The van der Waals surface area contributed by atoms with Gasteiger partial charge in [-0.1, -0.05) is 17.7 Å². The van der Waals surface area contributed by atoms with Gasteiger partial charge in [0.15, 0.2) is 0 Å². The smallest absolute Gasteiger partial charge is 0.281 e. The Morgan fingerprint density at radius 1 is 1.09 bits per heavy atom. The van der Waals surface area contributed by atoms with Crippen LogP contribution in [0, 0.1) is 11.7 Å². The lowest BCUT2D eigenvalue weighted by molar-refractivity contribution is -0.124. The average Bonchev–Trinajstić information content (AvgIpc) is 3.19. The second-order valence-corrected chi connectivity index (χ2v) is 12.3. The fraction of sp³-hybridized carbons (Fsp3) is 0.419. The molecule has 1 spiro atoms. The number of pyridine rings is 2. The van der Waals surface area contributed by atoms with Crippen molar-refractivity contribution in [3.05, 3.63) is 76.5 Å². The fourth-order valence-electron chi connectivity index (χ4n) is 6.52. The Balaban J connectivity index is 1.11. The lowest BCUT2D eigenvalue weighted by Gasteiger charge is -2.47. The van der Waals surface area contributed by atoms with E-state index in [4.69, 9.17) is 11.6 Å². The van der Waals surface area contributed by atoms with Gasteiger partial charge in [-0.3, -0.25) is 14.6 Å². The summed E-state index contributed by atoms with van der Waals surface area (Å²) in [4.78, 5) is 40.7. The molecule has 3 aromatic rings. The highest BCUT2D eigenvalue weighted by molar-refractivity contribution is 6.30. The highest BCUT2D eigenvalue weighted by atomic mass is 35.5. The van der Waals surface area contributed by atoms with Crippen molar-refractivity contribution in [1.82, 2.24) is 15.3 Å². The Bertz CT molecular complexity index is 1540. The van der Waals surface area contributed by atoms with E-state index < -0.39 is 29.3 Å². The van der Waals surface area contributed by atoms with E-state index in [0.29, 0.717) is 38.2 Å². The molecule has 4 heterocycles. The maximum atomic E-state index is 14.4. The average molecular weight is 613 g/mol. The molecule has 1 aliphatic carbocycles. The van der Waals surface area contributed by atoms with E-state index >= 15 is 0 Å². The van der Waals surface area contributed by atoms with Crippen molar-refractivity contribution >= 4 is 40.6 Å². The third-order valence-corrected chi connectivity index (χ3v) is 9.08. The summed E-state index contributed by atoms with van der Waals surface area (Å²) >= 11 is 5.91. The van der Waals surface area contributed by atoms with Crippen molar-refractivity contribution in [3.8, 4) is 0 Å². The molecule has 43 heavy (non-hydrogen) atoms. The van der Waals surface area contributed by atoms with Crippen LogP contribution in [0.2, 0.25) is 5.02 Å². The van der Waals surface area contributed by atoms with Crippen molar-refractivity contribution in [2.24, 2.45) is 5.92 Å². The quantitative estimate of drug-likeness (QED) is 0.387. The van der Waals surface area contributed by atoms with Gasteiger partial charge in [0.05, 0.1) is 28.2 Å². The summed E-state index contributed by atoms with van der Waals surface area (Å²) < 4.78 is 41.2. The van der Waals surface area contributed by atoms with Gasteiger partial charge in [0.1, 0.15) is 22.7 Å². The molecule has 2 aliphatic heterocycles. The first-order valence-electron chi connectivity index (χ1n) is 14.3. The molecular formula is C31H32ClF3N6O2. The number of fused-ring (bicyclic) bond motifs is 2. The number of halogens is 4. The number of carbonyl (C=O) groups excluding carboxylic acids is 2. The van der Waals surface area contributed by atoms with Crippen molar-refractivity contribution < 1.29 is 22.8 Å². The van der Waals surface area contributed by atoms with Crippen LogP contribution in [0.25, 0.3) is 0 Å². The topological polar surface area (TPSA) is 81.7 Å². The van der Waals surface area contributed by atoms with Crippen LogP contribution in [-0.4, -0.2) is 61.6 Å². The zero-order valence-corrected chi connectivity index (χ0v) is 24.6. The molecule has 2 aromatic heterocycles. The molecule has 1 saturated heterocycles. The molecule has 0 radical (unpaired) electrons. The maximum Gasteiger partial charge on any atom is 0.281 e. The largest absolute Gasteiger partial charge is 0.376 e. The standard InChI is InChI=1S/C31H32ClF3N6O2/c1-39(2)22-8-10-26(36-14-22)40-16-31(17-40)24-9-5-20(33)12-25(24)41(30(31)43)15-18-3-6-21(7-4-18)38-29(42)23-11-19(32)13-37-27(23)28(34)35/h5,8-14,18,21,28H,3-4,6-7,15-17H2,1-2H3,(H,38,42)/t18-,21-. The van der Waals surface area contributed by atoms with E-state index in [2.05, 4.69) is 20.2 Å². The summed E-state index contributed by atoms with van der Waals surface area (Å²) in [6, 6.07) is 9.52. The second kappa shape index (κ2) is 11.3. The lowest BCUT2D eigenvalue weighted by atomic mass is 9.74. The van der Waals surface area contributed by atoms with Crippen LogP contribution in [0.1, 0.15) is 53.7 Å². The Morgan fingerprint density at radius 2 is 1.84 bits per heavy atom. The molecule has 1 N–H and O–H groups in total. The molecule has 6 rings (SSSR count). The molecule has 12 heteroatoms. The van der Waals surface area contributed by atoms with Crippen LogP contribution in [0.5, 0.6) is 0 Å². The third kappa shape index (κ3) is 5.39. The summed E-state index contributed by atoms with van der Waals surface area (Å²) in [7, 11) is 3.90. The Labute approximate surface area is 252 Å². The molecule has 1 saturated carbocycles. The van der Waals surface area contributed by atoms with E-state index in [1.165, 1.54) is 18.2 Å². The number of nitrogens with zero attached hydrogens (tertiary/aromatic N) is 5.